The fourth-order valence-electron chi connectivity index (χ4n) is 3.23. The first-order valence-electron chi connectivity index (χ1n) is 9.01. The van der Waals surface area contributed by atoms with Gasteiger partial charge >= 0.3 is 0 Å². The lowest BCUT2D eigenvalue weighted by Gasteiger charge is -2.27. The number of carbonyl (C=O) groups is 1. The third-order valence-corrected chi connectivity index (χ3v) is 6.81. The van der Waals surface area contributed by atoms with Gasteiger partial charge in [0.25, 0.3) is 0 Å². The van der Waals surface area contributed by atoms with Crippen LogP contribution in [-0.4, -0.2) is 38.3 Å². The largest absolute Gasteiger partial charge is 0.492 e. The topological polar surface area (TPSA) is 75.7 Å². The molecule has 0 aromatic heterocycles. The Morgan fingerprint density at radius 3 is 2.56 bits per heavy atom. The molecule has 1 aliphatic heterocycles. The second-order valence-corrected chi connectivity index (χ2v) is 8.77. The summed E-state index contributed by atoms with van der Waals surface area (Å²) < 4.78 is 33.2. The van der Waals surface area contributed by atoms with Gasteiger partial charge in [-0.25, -0.2) is 8.42 Å². The maximum atomic E-state index is 13.1. The van der Waals surface area contributed by atoms with Crippen molar-refractivity contribution in [2.24, 2.45) is 11.8 Å². The van der Waals surface area contributed by atoms with E-state index in [9.17, 15) is 13.2 Å². The smallest absolute Gasteiger partial charge is 0.246 e. The molecule has 1 saturated carbocycles. The van der Waals surface area contributed by atoms with Gasteiger partial charge in [-0.3, -0.25) is 4.79 Å². The highest BCUT2D eigenvalue weighted by molar-refractivity contribution is 7.89. The number of hydrogen-bond acceptors (Lipinski definition) is 4. The molecule has 6 nitrogen and oxygen atoms in total. The molecule has 7 heteroatoms. The fraction of sp³-hybridized carbons (Fsp3) is 0.611. The second-order valence-electron chi connectivity index (χ2n) is 6.87. The number of hydrogen-bond donors (Lipinski definition) is 1. The Morgan fingerprint density at radius 2 is 1.96 bits per heavy atom. The number of rotatable bonds is 6. The quantitative estimate of drug-likeness (QED) is 0.840. The Morgan fingerprint density at radius 1 is 1.28 bits per heavy atom. The van der Waals surface area contributed by atoms with Gasteiger partial charge in [0.2, 0.25) is 15.9 Å². The van der Waals surface area contributed by atoms with Crippen molar-refractivity contribution in [3.05, 3.63) is 18.2 Å². The molecule has 1 aromatic carbocycles. The van der Waals surface area contributed by atoms with E-state index in [1.54, 1.807) is 12.1 Å². The first-order chi connectivity index (χ1) is 11.9. The molecule has 1 N–H and O–H groups in total. The lowest BCUT2D eigenvalue weighted by Crippen LogP contribution is -2.35. The molecule has 0 radical (unpaired) electrons. The van der Waals surface area contributed by atoms with Crippen LogP contribution in [0.4, 0.5) is 5.69 Å². The Balaban J connectivity index is 1.88. The van der Waals surface area contributed by atoms with E-state index < -0.39 is 10.0 Å². The second kappa shape index (κ2) is 7.33. The van der Waals surface area contributed by atoms with Crippen LogP contribution >= 0.6 is 0 Å². The van der Waals surface area contributed by atoms with Crippen molar-refractivity contribution < 1.29 is 17.9 Å². The van der Waals surface area contributed by atoms with Crippen molar-refractivity contribution in [2.45, 2.75) is 44.4 Å². The molecule has 1 aliphatic carbocycles. The number of nitrogens with one attached hydrogen (secondary N) is 1. The van der Waals surface area contributed by atoms with E-state index in [0.717, 1.165) is 25.7 Å². The van der Waals surface area contributed by atoms with Crippen LogP contribution in [-0.2, 0) is 14.8 Å². The highest BCUT2D eigenvalue weighted by Crippen LogP contribution is 2.39. The van der Waals surface area contributed by atoms with E-state index in [-0.39, 0.29) is 16.7 Å². The number of ether oxygens (including phenoxy) is 1. The SMILES string of the molecule is CCOc1ccc(NC(=O)C2CC2C)cc1S(=O)(=O)N1CCCCC1. The van der Waals surface area contributed by atoms with Crippen molar-refractivity contribution in [3.8, 4) is 5.75 Å². The van der Waals surface area contributed by atoms with Crippen molar-refractivity contribution in [2.75, 3.05) is 25.0 Å². The molecule has 2 fully saturated rings. The number of carbonyl (C=O) groups excluding carboxylic acids is 1. The van der Waals surface area contributed by atoms with Crippen LogP contribution in [0.25, 0.3) is 0 Å². The Labute approximate surface area is 149 Å². The van der Waals surface area contributed by atoms with Gasteiger partial charge in [0.1, 0.15) is 10.6 Å². The monoisotopic (exact) mass is 366 g/mol. The molecule has 2 unspecified atom stereocenters. The van der Waals surface area contributed by atoms with Crippen molar-refractivity contribution >= 4 is 21.6 Å². The molecule has 25 heavy (non-hydrogen) atoms. The molecule has 1 saturated heterocycles. The number of amides is 1. The lowest BCUT2D eigenvalue weighted by atomic mass is 10.2. The molecule has 138 valence electrons. The standard InChI is InChI=1S/C18H26N2O4S/c1-3-24-16-8-7-14(19-18(21)15-11-13(15)2)12-17(16)25(22,23)20-9-5-4-6-10-20/h7-8,12-13,15H,3-6,9-11H2,1-2H3,(H,19,21). The average molecular weight is 366 g/mol. The van der Waals surface area contributed by atoms with Gasteiger partial charge in [-0.2, -0.15) is 4.31 Å². The minimum atomic E-state index is -3.63. The highest BCUT2D eigenvalue weighted by Gasteiger charge is 2.39. The molecule has 2 aliphatic rings. The van der Waals surface area contributed by atoms with Gasteiger partial charge in [-0.1, -0.05) is 13.3 Å². The third kappa shape index (κ3) is 3.98. The number of nitrogens with zero attached hydrogens (tertiary/aromatic N) is 1. The van der Waals surface area contributed by atoms with E-state index in [1.807, 2.05) is 13.8 Å². The van der Waals surface area contributed by atoms with Crippen LogP contribution in [0.15, 0.2) is 23.1 Å². The van der Waals surface area contributed by atoms with Gasteiger partial charge in [-0.05, 0) is 50.3 Å². The fourth-order valence-corrected chi connectivity index (χ4v) is 4.90. The molecule has 3 rings (SSSR count). The molecular formula is C18H26N2O4S. The summed E-state index contributed by atoms with van der Waals surface area (Å²) >= 11 is 0. The first kappa shape index (κ1) is 18.2. The Bertz CT molecular complexity index is 741. The minimum absolute atomic E-state index is 0.0359. The van der Waals surface area contributed by atoms with Crippen molar-refractivity contribution in [1.82, 2.24) is 4.31 Å². The van der Waals surface area contributed by atoms with Crippen LogP contribution in [0.3, 0.4) is 0 Å². The summed E-state index contributed by atoms with van der Waals surface area (Å²) in [5.41, 5.74) is 0.503. The zero-order valence-corrected chi connectivity index (χ0v) is 15.6. The van der Waals surface area contributed by atoms with E-state index in [2.05, 4.69) is 5.32 Å². The Hall–Kier alpha value is -1.60. The van der Waals surface area contributed by atoms with Crippen LogP contribution in [0.2, 0.25) is 0 Å². The number of piperidine rings is 1. The summed E-state index contributed by atoms with van der Waals surface area (Å²) in [7, 11) is -3.63. The third-order valence-electron chi connectivity index (χ3n) is 4.89. The number of benzene rings is 1. The average Bonchev–Trinajstić information content (AvgIpc) is 3.34. The summed E-state index contributed by atoms with van der Waals surface area (Å²) in [6.07, 6.45) is 3.69. The summed E-state index contributed by atoms with van der Waals surface area (Å²) in [4.78, 5) is 12.3. The molecule has 2 atom stereocenters. The van der Waals surface area contributed by atoms with Crippen LogP contribution in [0, 0.1) is 11.8 Å². The van der Waals surface area contributed by atoms with Gasteiger partial charge < -0.3 is 10.1 Å². The zero-order chi connectivity index (χ0) is 18.0. The molecule has 0 bridgehead atoms. The van der Waals surface area contributed by atoms with Gasteiger partial charge in [0, 0.05) is 24.7 Å². The van der Waals surface area contributed by atoms with Gasteiger partial charge in [0.05, 0.1) is 6.61 Å². The number of sulfonamides is 1. The van der Waals surface area contributed by atoms with Crippen LogP contribution in [0.5, 0.6) is 5.75 Å². The Kier molecular flexibility index (Phi) is 5.34. The predicted molar refractivity (Wildman–Crippen MR) is 96.1 cm³/mol. The van der Waals surface area contributed by atoms with Gasteiger partial charge in [0.15, 0.2) is 0 Å². The van der Waals surface area contributed by atoms with E-state index in [1.165, 1.54) is 10.4 Å². The normalized spacial score (nSPS) is 23.9. The predicted octanol–water partition coefficient (Wildman–Crippen LogP) is 2.85. The number of anilines is 1. The molecule has 0 spiro atoms. The summed E-state index contributed by atoms with van der Waals surface area (Å²) in [6.45, 7) is 5.30. The maximum absolute atomic E-state index is 13.1. The minimum Gasteiger partial charge on any atom is -0.492 e. The van der Waals surface area contributed by atoms with E-state index in [4.69, 9.17) is 4.74 Å². The van der Waals surface area contributed by atoms with E-state index in [0.29, 0.717) is 37.1 Å². The maximum Gasteiger partial charge on any atom is 0.246 e. The lowest BCUT2D eigenvalue weighted by molar-refractivity contribution is -0.117. The zero-order valence-electron chi connectivity index (χ0n) is 14.8. The first-order valence-corrected chi connectivity index (χ1v) is 10.5. The van der Waals surface area contributed by atoms with Crippen LogP contribution in [0.1, 0.15) is 39.5 Å². The summed E-state index contributed by atoms with van der Waals surface area (Å²) in [5.74, 6) is 0.733. The molecule has 1 aromatic rings. The molecule has 1 amide bonds. The van der Waals surface area contributed by atoms with Gasteiger partial charge in [-0.15, -0.1) is 0 Å². The summed E-state index contributed by atoms with van der Waals surface area (Å²) in [5, 5.41) is 2.84. The van der Waals surface area contributed by atoms with Crippen molar-refractivity contribution in [1.29, 1.82) is 0 Å². The van der Waals surface area contributed by atoms with E-state index >= 15 is 0 Å². The summed E-state index contributed by atoms with van der Waals surface area (Å²) in [6, 6.07) is 4.86. The molecule has 1 heterocycles. The van der Waals surface area contributed by atoms with Crippen LogP contribution < -0.4 is 10.1 Å². The highest BCUT2D eigenvalue weighted by atomic mass is 32.2. The molecular weight excluding hydrogens is 340 g/mol. The van der Waals surface area contributed by atoms with Crippen molar-refractivity contribution in [3.63, 3.8) is 0 Å².